The minimum Gasteiger partial charge on any atom is -0.457 e. The van der Waals surface area contributed by atoms with Crippen molar-refractivity contribution >= 4 is 21.6 Å². The van der Waals surface area contributed by atoms with E-state index in [-0.39, 0.29) is 28.1 Å². The summed E-state index contributed by atoms with van der Waals surface area (Å²) >= 11 is 0. The van der Waals surface area contributed by atoms with E-state index >= 15 is 0 Å². The van der Waals surface area contributed by atoms with E-state index in [0.717, 1.165) is 6.42 Å². The van der Waals surface area contributed by atoms with Crippen molar-refractivity contribution in [3.63, 3.8) is 0 Å². The number of carbonyl (C=O) groups excluding carboxylic acids is 1. The maximum absolute atomic E-state index is 12.8. The summed E-state index contributed by atoms with van der Waals surface area (Å²) in [6.07, 6.45) is 0.775. The van der Waals surface area contributed by atoms with Gasteiger partial charge in [0.25, 0.3) is 15.9 Å². The molecule has 0 bridgehead atoms. The third-order valence-corrected chi connectivity index (χ3v) is 5.90. The highest BCUT2D eigenvalue weighted by atomic mass is 32.2. The molecule has 0 aliphatic heterocycles. The number of para-hydroxylation sites is 2. The van der Waals surface area contributed by atoms with Crippen LogP contribution in [0.25, 0.3) is 0 Å². The summed E-state index contributed by atoms with van der Waals surface area (Å²) < 4.78 is 33.9. The van der Waals surface area contributed by atoms with Crippen molar-refractivity contribution in [2.75, 3.05) is 4.72 Å². The molecule has 0 saturated heterocycles. The Morgan fingerprint density at radius 1 is 0.900 bits per heavy atom. The van der Waals surface area contributed by atoms with E-state index in [9.17, 15) is 13.2 Å². The lowest BCUT2D eigenvalue weighted by atomic mass is 10.1. The zero-order chi connectivity index (χ0) is 21.6. The fraction of sp³-hybridized carbons (Fsp3) is 0.174. The quantitative estimate of drug-likeness (QED) is 0.544. The van der Waals surface area contributed by atoms with Gasteiger partial charge in [-0.1, -0.05) is 37.3 Å². The van der Waals surface area contributed by atoms with Crippen molar-refractivity contribution in [1.82, 2.24) is 5.32 Å². The lowest BCUT2D eigenvalue weighted by Crippen LogP contribution is -2.32. The van der Waals surface area contributed by atoms with E-state index in [1.807, 2.05) is 44.2 Å². The number of amides is 1. The molecular formula is C23H24N2O4S. The predicted octanol–water partition coefficient (Wildman–Crippen LogP) is 4.81. The van der Waals surface area contributed by atoms with Crippen LogP contribution in [0.15, 0.2) is 83.8 Å². The Morgan fingerprint density at radius 3 is 2.17 bits per heavy atom. The van der Waals surface area contributed by atoms with E-state index in [0.29, 0.717) is 11.5 Å². The molecule has 1 atom stereocenters. The van der Waals surface area contributed by atoms with Gasteiger partial charge >= 0.3 is 0 Å². The van der Waals surface area contributed by atoms with Crippen molar-refractivity contribution in [3.8, 4) is 11.5 Å². The Morgan fingerprint density at radius 2 is 1.50 bits per heavy atom. The minimum atomic E-state index is -3.88. The molecule has 0 radical (unpaired) electrons. The van der Waals surface area contributed by atoms with Gasteiger partial charge in [0.15, 0.2) is 0 Å². The molecule has 1 amide bonds. The lowest BCUT2D eigenvalue weighted by molar-refractivity contribution is 0.0940. The number of ether oxygens (including phenoxy) is 1. The third-order valence-electron chi connectivity index (χ3n) is 4.52. The predicted molar refractivity (Wildman–Crippen MR) is 117 cm³/mol. The van der Waals surface area contributed by atoms with Gasteiger partial charge in [-0.05, 0) is 61.9 Å². The SMILES string of the molecule is CC[C@H](C)NC(=O)c1ccccc1NS(=O)(=O)c1ccc(Oc2ccccc2)cc1. The number of benzene rings is 3. The molecule has 156 valence electrons. The zero-order valence-corrected chi connectivity index (χ0v) is 17.6. The Bertz CT molecular complexity index is 1100. The standard InChI is InChI=1S/C23H24N2O4S/c1-3-17(2)24-23(26)21-11-7-8-12-22(21)25-30(27,28)20-15-13-19(14-16-20)29-18-9-5-4-6-10-18/h4-17,25H,3H2,1-2H3,(H,24,26)/t17-/m0/s1. The van der Waals surface area contributed by atoms with Crippen molar-refractivity contribution in [2.24, 2.45) is 0 Å². The number of hydrogen-bond donors (Lipinski definition) is 2. The smallest absolute Gasteiger partial charge is 0.261 e. The third kappa shape index (κ3) is 5.39. The van der Waals surface area contributed by atoms with Gasteiger partial charge in [-0.15, -0.1) is 0 Å². The first-order chi connectivity index (χ1) is 14.4. The van der Waals surface area contributed by atoms with Gasteiger partial charge in [-0.25, -0.2) is 8.42 Å². The van der Waals surface area contributed by atoms with Crippen molar-refractivity contribution in [1.29, 1.82) is 0 Å². The van der Waals surface area contributed by atoms with Gasteiger partial charge in [0.05, 0.1) is 16.1 Å². The fourth-order valence-corrected chi connectivity index (χ4v) is 3.77. The molecule has 0 aliphatic carbocycles. The normalized spacial score (nSPS) is 12.1. The van der Waals surface area contributed by atoms with Crippen LogP contribution in [0.4, 0.5) is 5.69 Å². The number of sulfonamides is 1. The topological polar surface area (TPSA) is 84.5 Å². The first kappa shape index (κ1) is 21.4. The van der Waals surface area contributed by atoms with Crippen LogP contribution in [-0.2, 0) is 10.0 Å². The van der Waals surface area contributed by atoms with Crippen LogP contribution < -0.4 is 14.8 Å². The van der Waals surface area contributed by atoms with Crippen molar-refractivity contribution in [2.45, 2.75) is 31.2 Å². The summed E-state index contributed by atoms with van der Waals surface area (Å²) in [5.74, 6) is 0.857. The van der Waals surface area contributed by atoms with Crippen molar-refractivity contribution < 1.29 is 17.9 Å². The number of carbonyl (C=O) groups is 1. The van der Waals surface area contributed by atoms with Crippen molar-refractivity contribution in [3.05, 3.63) is 84.4 Å². The van der Waals surface area contributed by atoms with Gasteiger partial charge in [0.1, 0.15) is 11.5 Å². The molecular weight excluding hydrogens is 400 g/mol. The first-order valence-electron chi connectivity index (χ1n) is 9.64. The second-order valence-electron chi connectivity index (χ2n) is 6.82. The summed E-state index contributed by atoms with van der Waals surface area (Å²) in [6.45, 7) is 3.86. The van der Waals surface area contributed by atoms with E-state index in [2.05, 4.69) is 10.0 Å². The molecule has 3 aromatic rings. The molecule has 30 heavy (non-hydrogen) atoms. The molecule has 2 N–H and O–H groups in total. The molecule has 0 spiro atoms. The zero-order valence-electron chi connectivity index (χ0n) is 16.8. The maximum atomic E-state index is 12.8. The monoisotopic (exact) mass is 424 g/mol. The summed E-state index contributed by atoms with van der Waals surface area (Å²) in [5, 5.41) is 2.85. The summed E-state index contributed by atoms with van der Waals surface area (Å²) in [7, 11) is -3.88. The number of hydrogen-bond acceptors (Lipinski definition) is 4. The van der Waals surface area contributed by atoms with E-state index in [1.165, 1.54) is 12.1 Å². The van der Waals surface area contributed by atoms with Gasteiger partial charge in [0.2, 0.25) is 0 Å². The lowest BCUT2D eigenvalue weighted by Gasteiger charge is -2.15. The Kier molecular flexibility index (Phi) is 6.74. The molecule has 0 aromatic heterocycles. The molecule has 7 heteroatoms. The summed E-state index contributed by atoms with van der Waals surface area (Å²) in [4.78, 5) is 12.6. The number of anilines is 1. The van der Waals surface area contributed by atoms with Crippen LogP contribution in [0.1, 0.15) is 30.6 Å². The second-order valence-corrected chi connectivity index (χ2v) is 8.50. The average Bonchev–Trinajstić information content (AvgIpc) is 2.75. The second kappa shape index (κ2) is 9.45. The molecule has 3 rings (SSSR count). The highest BCUT2D eigenvalue weighted by Crippen LogP contribution is 2.25. The summed E-state index contributed by atoms with van der Waals surface area (Å²) in [6, 6.07) is 21.8. The molecule has 0 fully saturated rings. The molecule has 0 aliphatic rings. The van der Waals surface area contributed by atoms with Crippen LogP contribution in [-0.4, -0.2) is 20.4 Å². The largest absolute Gasteiger partial charge is 0.457 e. The molecule has 3 aromatic carbocycles. The van der Waals surface area contributed by atoms with Gasteiger partial charge in [-0.3, -0.25) is 9.52 Å². The average molecular weight is 425 g/mol. The van der Waals surface area contributed by atoms with Crippen LogP contribution in [0.2, 0.25) is 0 Å². The molecule has 6 nitrogen and oxygen atoms in total. The van der Waals surface area contributed by atoms with Crippen LogP contribution in [0.5, 0.6) is 11.5 Å². The highest BCUT2D eigenvalue weighted by Gasteiger charge is 2.19. The summed E-state index contributed by atoms with van der Waals surface area (Å²) in [5.41, 5.74) is 0.494. The van der Waals surface area contributed by atoms with Crippen LogP contribution >= 0.6 is 0 Å². The molecule has 0 heterocycles. The number of rotatable bonds is 8. The Balaban J connectivity index is 1.78. The molecule has 0 saturated carbocycles. The molecule has 0 unspecified atom stereocenters. The first-order valence-corrected chi connectivity index (χ1v) is 11.1. The van der Waals surface area contributed by atoms with Gasteiger partial charge in [0, 0.05) is 6.04 Å². The minimum absolute atomic E-state index is 0.0145. The van der Waals surface area contributed by atoms with Gasteiger partial charge < -0.3 is 10.1 Å². The van der Waals surface area contributed by atoms with Crippen LogP contribution in [0, 0.1) is 0 Å². The highest BCUT2D eigenvalue weighted by molar-refractivity contribution is 7.92. The van der Waals surface area contributed by atoms with E-state index in [4.69, 9.17) is 4.74 Å². The Hall–Kier alpha value is -3.32. The maximum Gasteiger partial charge on any atom is 0.261 e. The number of nitrogens with one attached hydrogen (secondary N) is 2. The fourth-order valence-electron chi connectivity index (χ4n) is 2.69. The van der Waals surface area contributed by atoms with E-state index in [1.54, 1.807) is 36.4 Å². The van der Waals surface area contributed by atoms with Gasteiger partial charge in [-0.2, -0.15) is 0 Å². The van der Waals surface area contributed by atoms with Crippen LogP contribution in [0.3, 0.4) is 0 Å². The van der Waals surface area contributed by atoms with E-state index < -0.39 is 10.0 Å². The Labute approximate surface area is 177 Å².